The summed E-state index contributed by atoms with van der Waals surface area (Å²) in [5.74, 6) is -0.319. The quantitative estimate of drug-likeness (QED) is 0.575. The first-order valence-electron chi connectivity index (χ1n) is 5.77. The van der Waals surface area contributed by atoms with Crippen molar-refractivity contribution in [1.82, 2.24) is 4.68 Å². The van der Waals surface area contributed by atoms with Gasteiger partial charge in [0.25, 0.3) is 0 Å². The molecule has 0 atom stereocenters. The minimum absolute atomic E-state index is 0.0131. The first kappa shape index (κ1) is 13.6. The molecule has 0 radical (unpaired) electrons. The zero-order chi connectivity index (χ0) is 12.7. The minimum atomic E-state index is -0.319. The molecule has 0 aliphatic rings. The van der Waals surface area contributed by atoms with Gasteiger partial charge in [-0.3, -0.25) is 4.68 Å². The Bertz CT molecular complexity index is 341. The van der Waals surface area contributed by atoms with Crippen molar-refractivity contribution in [2.24, 2.45) is 0 Å². The van der Waals surface area contributed by atoms with E-state index in [9.17, 15) is 4.79 Å². The number of esters is 1. The Morgan fingerprint density at radius 3 is 2.59 bits per heavy atom. The number of aryl methyl sites for hydroxylation is 2. The fraction of sp³-hybridized carbons (Fsp3) is 0.583. The van der Waals surface area contributed by atoms with E-state index in [4.69, 9.17) is 9.47 Å². The second kappa shape index (κ2) is 6.96. The van der Waals surface area contributed by atoms with Gasteiger partial charge in [-0.2, -0.15) is 0 Å². The van der Waals surface area contributed by atoms with E-state index in [1.54, 1.807) is 6.92 Å². The van der Waals surface area contributed by atoms with Crippen molar-refractivity contribution in [1.29, 1.82) is 0 Å². The summed E-state index contributed by atoms with van der Waals surface area (Å²) in [6, 6.07) is 4.09. The number of carbonyl (C=O) groups excluding carboxylic acids is 1. The summed E-state index contributed by atoms with van der Waals surface area (Å²) in [7, 11) is 0. The maximum atomic E-state index is 11.0. The van der Waals surface area contributed by atoms with Gasteiger partial charge in [-0.05, 0) is 32.9 Å². The van der Waals surface area contributed by atoms with E-state index in [0.29, 0.717) is 19.8 Å². The smallest absolute Gasteiger partial charge is 0.332 e. The van der Waals surface area contributed by atoms with Crippen molar-refractivity contribution in [3.8, 4) is 0 Å². The van der Waals surface area contributed by atoms with Crippen molar-refractivity contribution >= 4 is 5.97 Å². The van der Waals surface area contributed by atoms with Crippen LogP contribution in [0.2, 0.25) is 0 Å². The highest BCUT2D eigenvalue weighted by atomic mass is 16.6. The Morgan fingerprint density at radius 2 is 2.00 bits per heavy atom. The summed E-state index contributed by atoms with van der Waals surface area (Å²) in [5.41, 5.74) is 5.50. The van der Waals surface area contributed by atoms with E-state index in [-0.39, 0.29) is 12.6 Å². The number of hydrogen-bond donors (Lipinski definition) is 1. The Labute approximate surface area is 102 Å². The number of nitrogens with one attached hydrogen (secondary N) is 1. The standard InChI is InChI=1S/C12H20N2O3/c1-4-17-12(15)9-16-8-7-13-14-10(2)5-6-11(14)3/h5-6,13H,4,7-9H2,1-3H3. The van der Waals surface area contributed by atoms with Crippen LogP contribution in [0.15, 0.2) is 12.1 Å². The highest BCUT2D eigenvalue weighted by Crippen LogP contribution is 2.03. The van der Waals surface area contributed by atoms with E-state index in [1.807, 2.05) is 30.7 Å². The van der Waals surface area contributed by atoms with Gasteiger partial charge < -0.3 is 14.9 Å². The molecule has 17 heavy (non-hydrogen) atoms. The first-order valence-corrected chi connectivity index (χ1v) is 5.77. The topological polar surface area (TPSA) is 52.5 Å². The summed E-state index contributed by atoms with van der Waals surface area (Å²) in [5, 5.41) is 0. The molecule has 0 spiro atoms. The summed E-state index contributed by atoms with van der Waals surface area (Å²) < 4.78 is 11.9. The summed E-state index contributed by atoms with van der Waals surface area (Å²) in [6.07, 6.45) is 0. The number of ether oxygens (including phenoxy) is 2. The molecule has 1 rings (SSSR count). The van der Waals surface area contributed by atoms with Crippen LogP contribution in [-0.4, -0.2) is 37.0 Å². The molecule has 5 heteroatoms. The second-order valence-corrected chi connectivity index (χ2v) is 3.72. The molecule has 1 N–H and O–H groups in total. The van der Waals surface area contributed by atoms with Crippen LogP contribution in [0.3, 0.4) is 0 Å². The highest BCUT2D eigenvalue weighted by molar-refractivity contribution is 5.70. The third-order valence-electron chi connectivity index (χ3n) is 2.31. The molecule has 0 aliphatic heterocycles. The first-order chi connectivity index (χ1) is 8.15. The Morgan fingerprint density at radius 1 is 1.35 bits per heavy atom. The zero-order valence-electron chi connectivity index (χ0n) is 10.7. The van der Waals surface area contributed by atoms with Gasteiger partial charge in [0.15, 0.2) is 0 Å². The Kier molecular flexibility index (Phi) is 5.56. The van der Waals surface area contributed by atoms with E-state index in [2.05, 4.69) is 5.43 Å². The molecule has 0 unspecified atom stereocenters. The lowest BCUT2D eigenvalue weighted by molar-refractivity contribution is -0.148. The largest absolute Gasteiger partial charge is 0.464 e. The van der Waals surface area contributed by atoms with Crippen LogP contribution >= 0.6 is 0 Å². The predicted molar refractivity (Wildman–Crippen MR) is 65.6 cm³/mol. The maximum Gasteiger partial charge on any atom is 0.332 e. The molecule has 0 fully saturated rings. The normalized spacial score (nSPS) is 10.3. The third kappa shape index (κ3) is 4.48. The molecule has 0 aliphatic carbocycles. The average molecular weight is 240 g/mol. The Hall–Kier alpha value is -1.49. The molecule has 0 bridgehead atoms. The fourth-order valence-corrected chi connectivity index (χ4v) is 1.51. The Balaban J connectivity index is 2.15. The van der Waals surface area contributed by atoms with Crippen molar-refractivity contribution in [2.75, 3.05) is 31.8 Å². The summed E-state index contributed by atoms with van der Waals surface area (Å²) in [6.45, 7) is 7.35. The van der Waals surface area contributed by atoms with Gasteiger partial charge in [-0.15, -0.1) is 0 Å². The summed E-state index contributed by atoms with van der Waals surface area (Å²) in [4.78, 5) is 11.0. The maximum absolute atomic E-state index is 11.0. The van der Waals surface area contributed by atoms with Gasteiger partial charge >= 0.3 is 5.97 Å². The van der Waals surface area contributed by atoms with Crippen molar-refractivity contribution < 1.29 is 14.3 Å². The van der Waals surface area contributed by atoms with Crippen molar-refractivity contribution in [3.63, 3.8) is 0 Å². The van der Waals surface area contributed by atoms with Crippen LogP contribution in [0.4, 0.5) is 0 Å². The van der Waals surface area contributed by atoms with E-state index >= 15 is 0 Å². The number of nitrogens with zero attached hydrogens (tertiary/aromatic N) is 1. The van der Waals surface area contributed by atoms with Gasteiger partial charge in [0.05, 0.1) is 19.8 Å². The van der Waals surface area contributed by atoms with Crippen molar-refractivity contribution in [3.05, 3.63) is 23.5 Å². The molecule has 96 valence electrons. The van der Waals surface area contributed by atoms with E-state index < -0.39 is 0 Å². The molecular formula is C12H20N2O3. The van der Waals surface area contributed by atoms with Gasteiger partial charge in [0.1, 0.15) is 6.61 Å². The van der Waals surface area contributed by atoms with Crippen LogP contribution in [0.5, 0.6) is 0 Å². The summed E-state index contributed by atoms with van der Waals surface area (Å²) >= 11 is 0. The SMILES string of the molecule is CCOC(=O)COCCNn1c(C)ccc1C. The molecule has 1 aromatic rings. The molecule has 0 saturated heterocycles. The number of rotatable bonds is 7. The van der Waals surface area contributed by atoms with Crippen molar-refractivity contribution in [2.45, 2.75) is 20.8 Å². The highest BCUT2D eigenvalue weighted by Gasteiger charge is 2.02. The molecule has 5 nitrogen and oxygen atoms in total. The molecule has 0 amide bonds. The average Bonchev–Trinajstić information content (AvgIpc) is 2.60. The van der Waals surface area contributed by atoms with Crippen LogP contribution in [0.1, 0.15) is 18.3 Å². The van der Waals surface area contributed by atoms with Crippen LogP contribution < -0.4 is 5.43 Å². The molecular weight excluding hydrogens is 220 g/mol. The van der Waals surface area contributed by atoms with Crippen LogP contribution in [0.25, 0.3) is 0 Å². The molecule has 0 aromatic carbocycles. The lowest BCUT2D eigenvalue weighted by Gasteiger charge is -2.12. The van der Waals surface area contributed by atoms with E-state index in [0.717, 1.165) is 11.4 Å². The minimum Gasteiger partial charge on any atom is -0.464 e. The number of aromatic nitrogens is 1. The number of carbonyl (C=O) groups is 1. The molecule has 1 heterocycles. The third-order valence-corrected chi connectivity index (χ3v) is 2.31. The van der Waals surface area contributed by atoms with Gasteiger partial charge in [0, 0.05) is 11.4 Å². The van der Waals surface area contributed by atoms with Crippen LogP contribution in [0, 0.1) is 13.8 Å². The fourth-order valence-electron chi connectivity index (χ4n) is 1.51. The molecule has 1 aromatic heterocycles. The van der Waals surface area contributed by atoms with Crippen LogP contribution in [-0.2, 0) is 14.3 Å². The van der Waals surface area contributed by atoms with E-state index in [1.165, 1.54) is 0 Å². The molecule has 0 saturated carbocycles. The number of hydrogen-bond acceptors (Lipinski definition) is 4. The van der Waals surface area contributed by atoms with Gasteiger partial charge in [-0.25, -0.2) is 4.79 Å². The predicted octanol–water partition coefficient (Wildman–Crippen LogP) is 1.23. The van der Waals surface area contributed by atoms with Gasteiger partial charge in [0.2, 0.25) is 0 Å². The second-order valence-electron chi connectivity index (χ2n) is 3.72. The lowest BCUT2D eigenvalue weighted by Crippen LogP contribution is -2.23. The monoisotopic (exact) mass is 240 g/mol. The lowest BCUT2D eigenvalue weighted by atomic mass is 10.5. The van der Waals surface area contributed by atoms with Gasteiger partial charge in [-0.1, -0.05) is 0 Å². The zero-order valence-corrected chi connectivity index (χ0v) is 10.7.